The summed E-state index contributed by atoms with van der Waals surface area (Å²) in [6.45, 7) is 0. The fraction of sp³-hybridized carbons (Fsp3) is 0.163. The van der Waals surface area contributed by atoms with Crippen LogP contribution in [0.1, 0.15) is 17.1 Å². The number of furan rings is 3. The molecule has 22 nitrogen and oxygen atoms in total. The molecular weight excluding hydrogens is 1050 g/mol. The van der Waals surface area contributed by atoms with Gasteiger partial charge < -0.3 is 19.0 Å². The molecule has 0 saturated heterocycles. The number of nitrogens with two attached hydrogens (primary N) is 1. The molecule has 0 atom stereocenters. The summed E-state index contributed by atoms with van der Waals surface area (Å²) in [6.07, 6.45) is -10.5. The number of alkyl halides is 9. The Morgan fingerprint density at radius 2 is 0.867 bits per heavy atom. The molecular formula is C43H30F9N9O13S. The van der Waals surface area contributed by atoms with E-state index >= 15 is 0 Å². The van der Waals surface area contributed by atoms with Gasteiger partial charge in [0, 0.05) is 73.6 Å². The van der Waals surface area contributed by atoms with E-state index in [-0.39, 0.29) is 61.0 Å². The molecule has 0 radical (unpaired) electrons. The highest BCUT2D eigenvalue weighted by Crippen LogP contribution is 2.32. The van der Waals surface area contributed by atoms with E-state index in [4.69, 9.17) is 19.0 Å². The van der Waals surface area contributed by atoms with E-state index in [1.165, 1.54) is 36.4 Å². The van der Waals surface area contributed by atoms with Crippen molar-refractivity contribution in [1.82, 2.24) is 27.4 Å². The van der Waals surface area contributed by atoms with Crippen molar-refractivity contribution in [3.05, 3.63) is 181 Å². The van der Waals surface area contributed by atoms with Crippen molar-refractivity contribution >= 4 is 60.0 Å². The molecule has 6 heterocycles. The lowest BCUT2D eigenvalue weighted by Gasteiger charge is -2.13. The molecule has 75 heavy (non-hydrogen) atoms. The maximum atomic E-state index is 13.0. The number of nitro groups is 1. The minimum atomic E-state index is -4.89. The van der Waals surface area contributed by atoms with Crippen molar-refractivity contribution in [1.29, 1.82) is 0 Å². The normalized spacial score (nSPS) is 12.1. The van der Waals surface area contributed by atoms with Crippen LogP contribution in [-0.4, -0.2) is 47.0 Å². The number of nitrogens with zero attached hydrogens (tertiary/aromatic N) is 7. The van der Waals surface area contributed by atoms with Gasteiger partial charge in [-0.3, -0.25) is 42.9 Å². The number of non-ortho nitro benzene ring substituents is 1. The third-order valence-electron chi connectivity index (χ3n) is 10.7. The SMILES string of the molecule is Cn1c(C(F)(F)F)cc(=O)n(-c2coc3ccc(N)cc23)c1=O.Cn1c(C(F)(F)F)cc(=O)n(-c2coc3ccc(NS(C)(=O)=O)cc23)c1=O.Cn1c(C(F)(F)F)cc(=O)n(-c2coc3ccc([N+](=O)[O-])cc23)c1=O. The first-order valence-electron chi connectivity index (χ1n) is 20.3. The van der Waals surface area contributed by atoms with Crippen molar-refractivity contribution in [3.8, 4) is 17.1 Å². The molecule has 9 aromatic rings. The minimum absolute atomic E-state index is 0.0339. The van der Waals surface area contributed by atoms with Crippen LogP contribution in [0, 0.1) is 10.1 Å². The highest BCUT2D eigenvalue weighted by molar-refractivity contribution is 7.92. The summed E-state index contributed by atoms with van der Waals surface area (Å²) in [7, 11) is -0.893. The van der Waals surface area contributed by atoms with Gasteiger partial charge in [0.1, 0.15) is 69.7 Å². The van der Waals surface area contributed by atoms with Gasteiger partial charge in [-0.15, -0.1) is 0 Å². The molecule has 0 spiro atoms. The molecule has 32 heteroatoms. The van der Waals surface area contributed by atoms with Gasteiger partial charge in [-0.1, -0.05) is 0 Å². The predicted octanol–water partition coefficient (Wildman–Crippen LogP) is 5.77. The minimum Gasteiger partial charge on any atom is -0.462 e. The second kappa shape index (κ2) is 18.9. The monoisotopic (exact) mass is 1080 g/mol. The fourth-order valence-electron chi connectivity index (χ4n) is 7.32. The lowest BCUT2D eigenvalue weighted by molar-refractivity contribution is -0.384. The molecule has 0 fully saturated rings. The van der Waals surface area contributed by atoms with Crippen molar-refractivity contribution in [3.63, 3.8) is 0 Å². The summed E-state index contributed by atoms with van der Waals surface area (Å²) in [4.78, 5) is 83.4. The number of fused-ring (bicyclic) bond motifs is 3. The van der Waals surface area contributed by atoms with Crippen LogP contribution in [0.15, 0.2) is 134 Å². The van der Waals surface area contributed by atoms with E-state index in [0.717, 1.165) is 58.3 Å². The first-order chi connectivity index (χ1) is 34.7. The first kappa shape index (κ1) is 53.4. The van der Waals surface area contributed by atoms with Crippen LogP contribution in [-0.2, 0) is 49.7 Å². The Balaban J connectivity index is 0.000000165. The number of nitro benzene ring substituents is 1. The average molecular weight is 1080 g/mol. The number of aromatic nitrogens is 6. The molecule has 0 aliphatic rings. The van der Waals surface area contributed by atoms with Crippen molar-refractivity contribution in [2.45, 2.75) is 18.5 Å². The predicted molar refractivity (Wildman–Crippen MR) is 246 cm³/mol. The maximum Gasteiger partial charge on any atom is 0.431 e. The highest BCUT2D eigenvalue weighted by Gasteiger charge is 2.37. The first-order valence-corrected chi connectivity index (χ1v) is 22.2. The van der Waals surface area contributed by atoms with Crippen LogP contribution < -0.4 is 44.2 Å². The topological polar surface area (TPSA) is 287 Å². The Bertz CT molecular complexity index is 4290. The maximum absolute atomic E-state index is 13.0. The number of hydrogen-bond acceptors (Lipinski definition) is 14. The van der Waals surface area contributed by atoms with Gasteiger partial charge in [-0.25, -0.2) is 36.5 Å². The molecule has 3 N–H and O–H groups in total. The Kier molecular flexibility index (Phi) is 13.5. The van der Waals surface area contributed by atoms with Crippen LogP contribution in [0.4, 0.5) is 56.6 Å². The lowest BCUT2D eigenvalue weighted by Crippen LogP contribution is -2.40. The molecule has 3 aromatic carbocycles. The highest BCUT2D eigenvalue weighted by atomic mass is 32.2. The van der Waals surface area contributed by atoms with Gasteiger partial charge in [0.25, 0.3) is 22.4 Å². The Morgan fingerprint density at radius 3 is 1.21 bits per heavy atom. The van der Waals surface area contributed by atoms with E-state index in [9.17, 15) is 86.8 Å². The molecule has 394 valence electrons. The summed E-state index contributed by atoms with van der Waals surface area (Å²) >= 11 is 0. The standard InChI is InChI=1S/C15H12F3N3O5S.C14H8F3N3O5.C14H10F3N3O3/c1-20-12(15(16,17)18)6-13(22)21(14(20)23)10-7-26-11-4-3-8(5-9(10)11)19-27(2,24)25;1-18-11(14(15,16)17)5-12(21)19(13(18)22)9-6-25-10-3-2-7(20(23)24)4-8(9)10;1-19-11(14(15,16)17)5-12(21)20(13(19)22)9-6-23-10-3-2-7(18)4-8(9)10/h3-7,19H,1-2H3;2-6H,1H3;2-6H,18H2,1H3. The van der Waals surface area contributed by atoms with E-state index in [0.29, 0.717) is 51.6 Å². The summed E-state index contributed by atoms with van der Waals surface area (Å²) in [5.74, 6) is 0. The van der Waals surface area contributed by atoms with Gasteiger partial charge in [0.05, 0.1) is 16.6 Å². The smallest absolute Gasteiger partial charge is 0.431 e. The number of halogens is 9. The van der Waals surface area contributed by atoms with Gasteiger partial charge in [-0.05, 0) is 42.5 Å². The molecule has 0 amide bonds. The van der Waals surface area contributed by atoms with Gasteiger partial charge in [0.15, 0.2) is 0 Å². The lowest BCUT2D eigenvalue weighted by atomic mass is 10.2. The van der Waals surface area contributed by atoms with Crippen molar-refractivity contribution in [2.24, 2.45) is 21.1 Å². The Hall–Kier alpha value is -9.36. The number of hydrogen-bond donors (Lipinski definition) is 2. The molecule has 0 aliphatic heterocycles. The van der Waals surface area contributed by atoms with E-state index in [1.54, 1.807) is 6.07 Å². The number of rotatable bonds is 6. The molecule has 0 bridgehead atoms. The summed E-state index contributed by atoms with van der Waals surface area (Å²) in [5, 5.41) is 11.4. The zero-order valence-corrected chi connectivity index (χ0v) is 38.8. The van der Waals surface area contributed by atoms with Crippen LogP contribution in [0.3, 0.4) is 0 Å². The van der Waals surface area contributed by atoms with Crippen LogP contribution >= 0.6 is 0 Å². The third kappa shape index (κ3) is 10.5. The van der Waals surface area contributed by atoms with Crippen molar-refractivity contribution in [2.75, 3.05) is 16.7 Å². The third-order valence-corrected chi connectivity index (χ3v) is 11.3. The Labute approximate surface area is 407 Å². The summed E-state index contributed by atoms with van der Waals surface area (Å²) in [5.41, 5.74) is -5.01. The van der Waals surface area contributed by atoms with Gasteiger partial charge in [0.2, 0.25) is 10.0 Å². The van der Waals surface area contributed by atoms with Crippen LogP contribution in [0.2, 0.25) is 0 Å². The average Bonchev–Trinajstić information content (AvgIpc) is 4.03. The largest absolute Gasteiger partial charge is 0.462 e. The zero-order valence-electron chi connectivity index (χ0n) is 38.0. The van der Waals surface area contributed by atoms with E-state index < -0.39 is 84.3 Å². The Morgan fingerprint density at radius 1 is 0.533 bits per heavy atom. The summed E-state index contributed by atoms with van der Waals surface area (Å²) in [6, 6.07) is 13.1. The molecule has 0 aliphatic carbocycles. The second-order valence-electron chi connectivity index (χ2n) is 15.8. The van der Waals surface area contributed by atoms with Gasteiger partial charge >= 0.3 is 35.6 Å². The molecule has 6 aromatic heterocycles. The van der Waals surface area contributed by atoms with Crippen LogP contribution in [0.5, 0.6) is 0 Å². The zero-order chi connectivity index (χ0) is 55.6. The number of nitrogen functional groups attached to an aromatic ring is 1. The molecule has 0 unspecified atom stereocenters. The fourth-order valence-corrected chi connectivity index (χ4v) is 7.88. The van der Waals surface area contributed by atoms with Crippen LogP contribution in [0.25, 0.3) is 50.0 Å². The quantitative estimate of drug-likeness (QED) is 0.0866. The van der Waals surface area contributed by atoms with Gasteiger partial charge in [-0.2, -0.15) is 39.5 Å². The second-order valence-corrected chi connectivity index (χ2v) is 17.5. The number of nitrogens with one attached hydrogen (secondary N) is 1. The number of anilines is 2. The van der Waals surface area contributed by atoms with E-state index in [1.807, 2.05) is 0 Å². The van der Waals surface area contributed by atoms with E-state index in [2.05, 4.69) is 4.72 Å². The molecule has 9 rings (SSSR count). The molecule has 0 saturated carbocycles. The number of benzene rings is 3. The number of sulfonamides is 1. The van der Waals surface area contributed by atoms with Crippen molar-refractivity contribution < 1.29 is 66.1 Å². The summed E-state index contributed by atoms with van der Waals surface area (Å²) < 4.78 is 159.